The second-order valence-corrected chi connectivity index (χ2v) is 8.05. The van der Waals surface area contributed by atoms with Crippen LogP contribution in [0.2, 0.25) is 0 Å². The highest BCUT2D eigenvalue weighted by Crippen LogP contribution is 2.27. The normalized spacial score (nSPS) is 21.8. The highest BCUT2D eigenvalue weighted by molar-refractivity contribution is 5.94. The number of carbonyl (C=O) groups is 1. The Morgan fingerprint density at radius 3 is 3.00 bits per heavy atom. The quantitative estimate of drug-likeness (QED) is 0.650. The topological polar surface area (TPSA) is 69.0 Å². The molecule has 2 aliphatic heterocycles. The monoisotopic (exact) mass is 406 g/mol. The van der Waals surface area contributed by atoms with Crippen LogP contribution in [0.25, 0.3) is 5.65 Å². The van der Waals surface area contributed by atoms with Crippen molar-refractivity contribution in [1.82, 2.24) is 19.5 Å². The van der Waals surface area contributed by atoms with Gasteiger partial charge in [0.25, 0.3) is 5.91 Å². The number of ether oxygens (including phenoxy) is 2. The molecule has 2 aliphatic rings. The van der Waals surface area contributed by atoms with Gasteiger partial charge in [-0.25, -0.2) is 0 Å². The molecule has 4 heterocycles. The van der Waals surface area contributed by atoms with Crippen molar-refractivity contribution in [2.45, 2.75) is 37.7 Å². The zero-order chi connectivity index (χ0) is 20.3. The molecule has 0 spiro atoms. The van der Waals surface area contributed by atoms with E-state index in [2.05, 4.69) is 10.2 Å². The zero-order valence-electron chi connectivity index (χ0n) is 16.9. The Kier molecular flexibility index (Phi) is 5.36. The summed E-state index contributed by atoms with van der Waals surface area (Å²) in [5, 5.41) is 8.67. The summed E-state index contributed by atoms with van der Waals surface area (Å²) in [7, 11) is 0. The summed E-state index contributed by atoms with van der Waals surface area (Å²) in [4.78, 5) is 15.1. The molecule has 5 rings (SSSR count). The van der Waals surface area contributed by atoms with Crippen molar-refractivity contribution in [3.8, 4) is 5.75 Å². The summed E-state index contributed by atoms with van der Waals surface area (Å²) in [6.45, 7) is 2.75. The average molecular weight is 406 g/mol. The lowest BCUT2D eigenvalue weighted by molar-refractivity contribution is 0.0673. The molecule has 2 fully saturated rings. The number of hydrogen-bond acceptors (Lipinski definition) is 5. The van der Waals surface area contributed by atoms with Gasteiger partial charge in [0.1, 0.15) is 18.2 Å². The molecule has 1 aromatic carbocycles. The fourth-order valence-corrected chi connectivity index (χ4v) is 4.38. The van der Waals surface area contributed by atoms with Gasteiger partial charge in [0, 0.05) is 37.4 Å². The van der Waals surface area contributed by atoms with Crippen molar-refractivity contribution in [1.29, 1.82) is 0 Å². The van der Waals surface area contributed by atoms with Crippen LogP contribution < -0.4 is 4.74 Å². The van der Waals surface area contributed by atoms with Crippen LogP contribution in [0.4, 0.5) is 0 Å². The van der Waals surface area contributed by atoms with E-state index in [1.165, 1.54) is 0 Å². The molecule has 3 aromatic rings. The minimum Gasteiger partial charge on any atom is -0.491 e. The third-order valence-corrected chi connectivity index (χ3v) is 5.95. The lowest BCUT2D eigenvalue weighted by Crippen LogP contribution is -2.39. The number of benzene rings is 1. The first-order valence-corrected chi connectivity index (χ1v) is 10.7. The highest BCUT2D eigenvalue weighted by Gasteiger charge is 2.28. The molecular formula is C23H26N4O3. The van der Waals surface area contributed by atoms with Gasteiger partial charge in [-0.15, -0.1) is 10.2 Å². The summed E-state index contributed by atoms with van der Waals surface area (Å²) in [6, 6.07) is 13.4. The van der Waals surface area contributed by atoms with Gasteiger partial charge in [0.2, 0.25) is 0 Å². The SMILES string of the molecule is O=C(c1cccc(OC[C@H]2CCCO2)c1)N1CCC[C@@H](c2nnc3ccccn23)C1. The van der Waals surface area contributed by atoms with Gasteiger partial charge in [-0.05, 0) is 56.0 Å². The molecule has 7 heteroatoms. The van der Waals surface area contributed by atoms with E-state index in [1.807, 2.05) is 58.0 Å². The van der Waals surface area contributed by atoms with Crippen molar-refractivity contribution in [3.63, 3.8) is 0 Å². The molecule has 2 aromatic heterocycles. The Balaban J connectivity index is 1.28. The van der Waals surface area contributed by atoms with E-state index in [0.29, 0.717) is 24.5 Å². The first-order valence-electron chi connectivity index (χ1n) is 10.7. The van der Waals surface area contributed by atoms with Crippen molar-refractivity contribution >= 4 is 11.6 Å². The molecule has 0 N–H and O–H groups in total. The standard InChI is InChI=1S/C23H26N4O3/c28-23(17-6-3-8-19(14-17)30-16-20-9-5-13-29-20)26-11-4-7-18(15-26)22-25-24-21-10-1-2-12-27(21)22/h1-3,6,8,10,12,14,18,20H,4-5,7,9,11,13,15-16H2/t18-,20-/m1/s1. The number of fused-ring (bicyclic) bond motifs is 1. The third kappa shape index (κ3) is 3.89. The van der Waals surface area contributed by atoms with Crippen LogP contribution in [0.1, 0.15) is 47.8 Å². The number of piperidine rings is 1. The molecule has 0 radical (unpaired) electrons. The molecule has 7 nitrogen and oxygen atoms in total. The lowest BCUT2D eigenvalue weighted by atomic mass is 9.96. The molecular weight excluding hydrogens is 380 g/mol. The molecule has 2 saturated heterocycles. The fraction of sp³-hybridized carbons (Fsp3) is 0.435. The zero-order valence-corrected chi connectivity index (χ0v) is 16.9. The van der Waals surface area contributed by atoms with E-state index in [9.17, 15) is 4.79 Å². The van der Waals surface area contributed by atoms with E-state index in [4.69, 9.17) is 9.47 Å². The van der Waals surface area contributed by atoms with E-state index in [1.54, 1.807) is 0 Å². The summed E-state index contributed by atoms with van der Waals surface area (Å²) in [6.07, 6.45) is 6.22. The first kappa shape index (κ1) is 19.1. The Hall–Kier alpha value is -2.93. The average Bonchev–Trinajstić information content (AvgIpc) is 3.47. The van der Waals surface area contributed by atoms with E-state index in [-0.39, 0.29) is 17.9 Å². The lowest BCUT2D eigenvalue weighted by Gasteiger charge is -2.32. The Morgan fingerprint density at radius 1 is 1.13 bits per heavy atom. The maximum atomic E-state index is 13.2. The van der Waals surface area contributed by atoms with Gasteiger partial charge < -0.3 is 14.4 Å². The van der Waals surface area contributed by atoms with Crippen LogP contribution in [0.5, 0.6) is 5.75 Å². The number of nitrogens with zero attached hydrogens (tertiary/aromatic N) is 4. The molecule has 0 bridgehead atoms. The van der Waals surface area contributed by atoms with Crippen LogP contribution in [-0.4, -0.2) is 57.8 Å². The molecule has 0 saturated carbocycles. The highest BCUT2D eigenvalue weighted by atomic mass is 16.5. The first-order chi connectivity index (χ1) is 14.8. The minimum absolute atomic E-state index is 0.0380. The second-order valence-electron chi connectivity index (χ2n) is 8.05. The molecule has 156 valence electrons. The Bertz CT molecular complexity index is 1030. The van der Waals surface area contributed by atoms with Crippen molar-refractivity contribution in [3.05, 3.63) is 60.0 Å². The van der Waals surface area contributed by atoms with Crippen LogP contribution in [0.15, 0.2) is 48.7 Å². The summed E-state index contributed by atoms with van der Waals surface area (Å²) < 4.78 is 13.5. The Morgan fingerprint density at radius 2 is 2.10 bits per heavy atom. The van der Waals surface area contributed by atoms with E-state index < -0.39 is 0 Å². The summed E-state index contributed by atoms with van der Waals surface area (Å²) in [5.74, 6) is 1.86. The van der Waals surface area contributed by atoms with Gasteiger partial charge in [-0.3, -0.25) is 9.20 Å². The van der Waals surface area contributed by atoms with Gasteiger partial charge >= 0.3 is 0 Å². The predicted molar refractivity (Wildman–Crippen MR) is 112 cm³/mol. The second kappa shape index (κ2) is 8.44. The van der Waals surface area contributed by atoms with E-state index in [0.717, 1.165) is 50.3 Å². The van der Waals surface area contributed by atoms with Crippen molar-refractivity contribution in [2.75, 3.05) is 26.3 Å². The molecule has 0 unspecified atom stereocenters. The molecule has 1 amide bonds. The van der Waals surface area contributed by atoms with Gasteiger partial charge in [-0.1, -0.05) is 12.1 Å². The Labute approximate surface area is 175 Å². The van der Waals surface area contributed by atoms with Gasteiger partial charge in [-0.2, -0.15) is 0 Å². The van der Waals surface area contributed by atoms with Crippen molar-refractivity contribution < 1.29 is 14.3 Å². The third-order valence-electron chi connectivity index (χ3n) is 5.95. The van der Waals surface area contributed by atoms with Crippen LogP contribution in [0.3, 0.4) is 0 Å². The van der Waals surface area contributed by atoms with Crippen LogP contribution >= 0.6 is 0 Å². The number of amides is 1. The van der Waals surface area contributed by atoms with Crippen LogP contribution in [-0.2, 0) is 4.74 Å². The number of hydrogen-bond donors (Lipinski definition) is 0. The van der Waals surface area contributed by atoms with E-state index >= 15 is 0 Å². The maximum Gasteiger partial charge on any atom is 0.254 e. The maximum absolute atomic E-state index is 13.2. The van der Waals surface area contributed by atoms with Gasteiger partial charge in [0.15, 0.2) is 5.65 Å². The van der Waals surface area contributed by atoms with Crippen LogP contribution in [0, 0.1) is 0 Å². The number of likely N-dealkylation sites (tertiary alicyclic amines) is 1. The smallest absolute Gasteiger partial charge is 0.254 e. The largest absolute Gasteiger partial charge is 0.491 e. The summed E-state index contributed by atoms with van der Waals surface area (Å²) >= 11 is 0. The summed E-state index contributed by atoms with van der Waals surface area (Å²) in [5.41, 5.74) is 1.50. The number of carbonyl (C=O) groups excluding carboxylic acids is 1. The minimum atomic E-state index is 0.0380. The number of pyridine rings is 1. The van der Waals surface area contributed by atoms with Gasteiger partial charge in [0.05, 0.1) is 6.10 Å². The fourth-order valence-electron chi connectivity index (χ4n) is 4.38. The predicted octanol–water partition coefficient (Wildman–Crippen LogP) is 3.31. The molecule has 0 aliphatic carbocycles. The number of aromatic nitrogens is 3. The molecule has 30 heavy (non-hydrogen) atoms. The van der Waals surface area contributed by atoms with Crippen molar-refractivity contribution in [2.24, 2.45) is 0 Å². The number of rotatable bonds is 5. The molecule has 2 atom stereocenters.